The number of carbonyl (C=O) groups excluding carboxylic acids is 3. The number of hydrogen-bond donors (Lipinski definition) is 3. The zero-order valence-corrected chi connectivity index (χ0v) is 17.5. The van der Waals surface area contributed by atoms with Crippen LogP contribution >= 0.6 is 22.6 Å². The van der Waals surface area contributed by atoms with Gasteiger partial charge in [-0.3, -0.25) is 19.4 Å². The number of benzene rings is 2. The highest BCUT2D eigenvalue weighted by atomic mass is 127. The fraction of sp³-hybridized carbons (Fsp3) is 0. The molecule has 0 saturated carbocycles. The van der Waals surface area contributed by atoms with Gasteiger partial charge in [0.05, 0.1) is 11.3 Å². The highest BCUT2D eigenvalue weighted by Crippen LogP contribution is 2.25. The van der Waals surface area contributed by atoms with Crippen LogP contribution in [0, 0.1) is 3.57 Å². The lowest BCUT2D eigenvalue weighted by Gasteiger charge is -2.06. The molecule has 0 radical (unpaired) electrons. The third-order valence-corrected chi connectivity index (χ3v) is 4.97. The lowest BCUT2D eigenvalue weighted by molar-refractivity contribution is -0.110. The summed E-state index contributed by atoms with van der Waals surface area (Å²) in [5.41, 5.74) is 5.15. The van der Waals surface area contributed by atoms with Crippen molar-refractivity contribution < 1.29 is 14.4 Å². The van der Waals surface area contributed by atoms with E-state index in [1.54, 1.807) is 48.7 Å². The van der Waals surface area contributed by atoms with Gasteiger partial charge in [0.2, 0.25) is 0 Å². The van der Waals surface area contributed by atoms with Gasteiger partial charge in [-0.05, 0) is 77.2 Å². The largest absolute Gasteiger partial charge is 0.322 e. The Labute approximate surface area is 184 Å². The molecular formula is C21H14IN5O3. The minimum atomic E-state index is -0.473. The molecular weight excluding hydrogens is 497 g/mol. The van der Waals surface area contributed by atoms with E-state index in [2.05, 4.69) is 48.7 Å². The number of halogens is 1. The van der Waals surface area contributed by atoms with Gasteiger partial charge >= 0.3 is 0 Å². The quantitative estimate of drug-likeness (QED) is 0.369. The average Bonchev–Trinajstić information content (AvgIpc) is 3.07. The minimum absolute atomic E-state index is 0.150. The Morgan fingerprint density at radius 2 is 1.80 bits per heavy atom. The van der Waals surface area contributed by atoms with Crippen molar-refractivity contribution in [3.63, 3.8) is 0 Å². The molecule has 1 aromatic heterocycles. The van der Waals surface area contributed by atoms with Gasteiger partial charge in [0, 0.05) is 32.8 Å². The van der Waals surface area contributed by atoms with E-state index in [0.717, 1.165) is 3.57 Å². The van der Waals surface area contributed by atoms with Crippen LogP contribution in [0.15, 0.2) is 72.1 Å². The molecule has 0 atom stereocenters. The molecule has 148 valence electrons. The van der Waals surface area contributed by atoms with Gasteiger partial charge in [-0.2, -0.15) is 5.10 Å². The van der Waals surface area contributed by atoms with Gasteiger partial charge in [0.15, 0.2) is 5.71 Å². The molecule has 8 nitrogen and oxygen atoms in total. The van der Waals surface area contributed by atoms with Crippen LogP contribution in [-0.4, -0.2) is 28.4 Å². The number of amides is 3. The smallest absolute Gasteiger partial charge is 0.276 e. The SMILES string of the molecule is O=C1Nc2ccc(I)cc2/C1=N/NC(=O)c1ccc(NC(=O)c2cccnc2)cc1. The van der Waals surface area contributed by atoms with Gasteiger partial charge in [-0.15, -0.1) is 0 Å². The van der Waals surface area contributed by atoms with Gasteiger partial charge in [0.1, 0.15) is 0 Å². The Bertz CT molecular complexity index is 1180. The summed E-state index contributed by atoms with van der Waals surface area (Å²) in [5, 5.41) is 9.44. The van der Waals surface area contributed by atoms with Crippen molar-refractivity contribution in [2.24, 2.45) is 5.10 Å². The number of hydrazone groups is 1. The van der Waals surface area contributed by atoms with E-state index in [-0.39, 0.29) is 17.5 Å². The van der Waals surface area contributed by atoms with Crippen LogP contribution < -0.4 is 16.1 Å². The molecule has 3 amide bonds. The van der Waals surface area contributed by atoms with Crippen LogP contribution in [0.25, 0.3) is 0 Å². The maximum absolute atomic E-state index is 12.4. The molecule has 2 heterocycles. The number of rotatable bonds is 4. The number of nitrogens with one attached hydrogen (secondary N) is 3. The van der Waals surface area contributed by atoms with Gasteiger partial charge in [0.25, 0.3) is 17.7 Å². The first-order valence-corrected chi connectivity index (χ1v) is 9.90. The molecule has 0 fully saturated rings. The first kappa shape index (κ1) is 19.7. The fourth-order valence-corrected chi connectivity index (χ4v) is 3.30. The molecule has 0 unspecified atom stereocenters. The van der Waals surface area contributed by atoms with Crippen LogP contribution in [0.1, 0.15) is 26.3 Å². The van der Waals surface area contributed by atoms with Gasteiger partial charge in [-0.1, -0.05) is 0 Å². The second-order valence-corrected chi connectivity index (χ2v) is 7.56. The third kappa shape index (κ3) is 4.20. The van der Waals surface area contributed by atoms with Gasteiger partial charge in [-0.25, -0.2) is 5.43 Å². The highest BCUT2D eigenvalue weighted by Gasteiger charge is 2.26. The van der Waals surface area contributed by atoms with Gasteiger partial charge < -0.3 is 10.6 Å². The first-order chi connectivity index (χ1) is 14.5. The van der Waals surface area contributed by atoms with E-state index in [9.17, 15) is 14.4 Å². The Morgan fingerprint density at radius 3 is 2.53 bits per heavy atom. The third-order valence-electron chi connectivity index (χ3n) is 4.30. The molecule has 0 spiro atoms. The molecule has 0 bridgehead atoms. The summed E-state index contributed by atoms with van der Waals surface area (Å²) in [5.74, 6) is -1.15. The number of hydrogen-bond acceptors (Lipinski definition) is 5. The monoisotopic (exact) mass is 511 g/mol. The maximum atomic E-state index is 12.4. The van der Waals surface area contributed by atoms with E-state index >= 15 is 0 Å². The van der Waals surface area contributed by atoms with E-state index in [0.29, 0.717) is 28.1 Å². The molecule has 9 heteroatoms. The Hall–Kier alpha value is -3.60. The minimum Gasteiger partial charge on any atom is -0.322 e. The Morgan fingerprint density at radius 1 is 1.00 bits per heavy atom. The predicted molar refractivity (Wildman–Crippen MR) is 120 cm³/mol. The van der Waals surface area contributed by atoms with Crippen molar-refractivity contribution in [1.82, 2.24) is 10.4 Å². The lowest BCUT2D eigenvalue weighted by Crippen LogP contribution is -2.23. The van der Waals surface area contributed by atoms with Crippen LogP contribution in [0.3, 0.4) is 0 Å². The second kappa shape index (κ2) is 8.41. The highest BCUT2D eigenvalue weighted by molar-refractivity contribution is 14.1. The predicted octanol–water partition coefficient (Wildman–Crippen LogP) is 3.02. The molecule has 1 aliphatic rings. The summed E-state index contributed by atoms with van der Waals surface area (Å²) in [6.07, 6.45) is 3.05. The molecule has 0 aliphatic carbocycles. The summed E-state index contributed by atoms with van der Waals surface area (Å²) < 4.78 is 0.950. The number of aromatic nitrogens is 1. The van der Waals surface area contributed by atoms with Crippen molar-refractivity contribution >= 4 is 57.4 Å². The number of carbonyl (C=O) groups is 3. The van der Waals surface area contributed by atoms with Crippen LogP contribution in [-0.2, 0) is 4.79 Å². The Kier molecular flexibility index (Phi) is 5.53. The van der Waals surface area contributed by atoms with Crippen molar-refractivity contribution in [2.75, 3.05) is 10.6 Å². The molecule has 3 N–H and O–H groups in total. The number of pyridine rings is 1. The number of anilines is 2. The summed E-state index contributed by atoms with van der Waals surface area (Å²) in [6.45, 7) is 0. The maximum Gasteiger partial charge on any atom is 0.276 e. The summed E-state index contributed by atoms with van der Waals surface area (Å²) >= 11 is 2.14. The van der Waals surface area contributed by atoms with E-state index in [1.165, 1.54) is 6.20 Å². The van der Waals surface area contributed by atoms with E-state index < -0.39 is 5.91 Å². The zero-order chi connectivity index (χ0) is 21.1. The molecule has 4 rings (SSSR count). The first-order valence-electron chi connectivity index (χ1n) is 8.82. The normalized spacial score (nSPS) is 13.5. The molecule has 0 saturated heterocycles. The van der Waals surface area contributed by atoms with Crippen LogP contribution in [0.5, 0.6) is 0 Å². The van der Waals surface area contributed by atoms with Crippen molar-refractivity contribution in [3.8, 4) is 0 Å². The zero-order valence-electron chi connectivity index (χ0n) is 15.3. The number of nitrogens with zero attached hydrogens (tertiary/aromatic N) is 2. The second-order valence-electron chi connectivity index (χ2n) is 6.32. The molecule has 30 heavy (non-hydrogen) atoms. The Balaban J connectivity index is 1.44. The lowest BCUT2D eigenvalue weighted by atomic mass is 10.1. The van der Waals surface area contributed by atoms with Crippen molar-refractivity contribution in [3.05, 3.63) is 87.3 Å². The van der Waals surface area contributed by atoms with Crippen LogP contribution in [0.4, 0.5) is 11.4 Å². The van der Waals surface area contributed by atoms with Crippen molar-refractivity contribution in [1.29, 1.82) is 0 Å². The molecule has 3 aromatic rings. The summed E-state index contributed by atoms with van der Waals surface area (Å²) in [7, 11) is 0. The molecule has 1 aliphatic heterocycles. The fourth-order valence-electron chi connectivity index (χ4n) is 2.81. The van der Waals surface area contributed by atoms with E-state index in [1.807, 2.05) is 12.1 Å². The standard InChI is InChI=1S/C21H14IN5O3/c22-14-5-8-17-16(10-14)18(21(30)25-17)26-27-20(29)12-3-6-15(7-4-12)24-19(28)13-2-1-9-23-11-13/h1-11H,(H,24,28)(H,27,29)(H,25,26,30). The number of fused-ring (bicyclic) bond motifs is 1. The topological polar surface area (TPSA) is 113 Å². The average molecular weight is 511 g/mol. The van der Waals surface area contributed by atoms with Crippen molar-refractivity contribution in [2.45, 2.75) is 0 Å². The van der Waals surface area contributed by atoms with Crippen LogP contribution in [0.2, 0.25) is 0 Å². The summed E-state index contributed by atoms with van der Waals surface area (Å²) in [4.78, 5) is 40.6. The summed E-state index contributed by atoms with van der Waals surface area (Å²) in [6, 6.07) is 15.1. The molecule has 2 aromatic carbocycles. The van der Waals surface area contributed by atoms with E-state index in [4.69, 9.17) is 0 Å².